The zero-order chi connectivity index (χ0) is 5.21. The van der Waals surface area contributed by atoms with E-state index in [1.54, 1.807) is 22.9 Å². The molecule has 0 aliphatic heterocycles. The molecule has 3 nitrogen and oxygen atoms in total. The average Bonchev–Trinajstić information content (AvgIpc) is 1.35. The van der Waals surface area contributed by atoms with Crippen molar-refractivity contribution in [2.24, 2.45) is 0 Å². The third kappa shape index (κ3) is 5.37. The lowest BCUT2D eigenvalue weighted by Gasteiger charge is -1.79. The zero-order valence-electron chi connectivity index (χ0n) is 2.48. The molecule has 0 bridgehead atoms. The summed E-state index contributed by atoms with van der Waals surface area (Å²) in [5, 5.41) is 0. The SMILES string of the molecule is O=S(=O)(I)NI. The van der Waals surface area contributed by atoms with Gasteiger partial charge in [0.05, 0.1) is 21.2 Å². The Morgan fingerprint density at radius 1 is 1.50 bits per heavy atom. The molecule has 0 atom stereocenters. The molecule has 0 aliphatic carbocycles. The van der Waals surface area contributed by atoms with Gasteiger partial charge in [-0.1, -0.05) is 0 Å². The van der Waals surface area contributed by atoms with Crippen molar-refractivity contribution >= 4 is 51.3 Å². The smallest absolute Gasteiger partial charge is 0.201 e. The van der Waals surface area contributed by atoms with Crippen LogP contribution in [0.3, 0.4) is 0 Å². The monoisotopic (exact) mass is 333 g/mol. The lowest BCUT2D eigenvalue weighted by Crippen LogP contribution is -2.00. The molecule has 0 aromatic heterocycles. The fourth-order valence-corrected chi connectivity index (χ4v) is 0. The van der Waals surface area contributed by atoms with E-state index >= 15 is 0 Å². The van der Waals surface area contributed by atoms with Crippen LogP contribution in [0.4, 0.5) is 0 Å². The molecule has 0 amide bonds. The minimum absolute atomic E-state index is 1.29. The largest absolute Gasteiger partial charge is 0.273 e. The molecule has 0 fully saturated rings. The van der Waals surface area contributed by atoms with Gasteiger partial charge in [-0.2, -0.15) is 0 Å². The summed E-state index contributed by atoms with van der Waals surface area (Å²) in [7, 11) is -2.96. The first-order chi connectivity index (χ1) is 2.56. The quantitative estimate of drug-likeness (QED) is 0.434. The molecular weight excluding hydrogens is 332 g/mol. The Bertz CT molecular complexity index is 114. The number of rotatable bonds is 1. The molecule has 0 heterocycles. The fourth-order valence-electron chi connectivity index (χ4n) is 0. The Labute approximate surface area is 62.0 Å². The molecule has 6 heteroatoms. The van der Waals surface area contributed by atoms with Crippen molar-refractivity contribution in [2.45, 2.75) is 0 Å². The molecule has 0 aromatic carbocycles. The molecule has 0 aliphatic rings. The molecule has 0 rings (SSSR count). The van der Waals surface area contributed by atoms with Crippen LogP contribution in [-0.2, 0) is 7.19 Å². The lowest BCUT2D eigenvalue weighted by atomic mass is 13.9. The van der Waals surface area contributed by atoms with Crippen LogP contribution >= 0.6 is 44.1 Å². The Hall–Kier alpha value is 1.37. The van der Waals surface area contributed by atoms with Crippen molar-refractivity contribution in [3.8, 4) is 0 Å². The Balaban J connectivity index is 3.85. The second kappa shape index (κ2) is 2.62. The molecule has 0 saturated heterocycles. The summed E-state index contributed by atoms with van der Waals surface area (Å²) in [5.74, 6) is 0. The summed E-state index contributed by atoms with van der Waals surface area (Å²) < 4.78 is 21.8. The second-order valence-corrected chi connectivity index (χ2v) is 6.34. The molecule has 6 heavy (non-hydrogen) atoms. The first kappa shape index (κ1) is 7.37. The van der Waals surface area contributed by atoms with Gasteiger partial charge in [0.2, 0.25) is 0 Å². The van der Waals surface area contributed by atoms with E-state index in [1.807, 2.05) is 2.94 Å². The van der Waals surface area contributed by atoms with Crippen LogP contribution < -0.4 is 2.94 Å². The van der Waals surface area contributed by atoms with Gasteiger partial charge in [-0.05, 0) is 0 Å². The van der Waals surface area contributed by atoms with Crippen molar-refractivity contribution in [2.75, 3.05) is 0 Å². The molecule has 0 radical (unpaired) electrons. The van der Waals surface area contributed by atoms with Crippen LogP contribution in [0, 0.1) is 0 Å². The fraction of sp³-hybridized carbons (Fsp3) is 0. The van der Waals surface area contributed by atoms with Gasteiger partial charge in [0, 0.05) is 22.9 Å². The standard InChI is InChI=1S/HI2NO2S/c1-3-6(2,4)5/h3H. The zero-order valence-corrected chi connectivity index (χ0v) is 7.61. The highest BCUT2D eigenvalue weighted by Crippen LogP contribution is 1.95. The van der Waals surface area contributed by atoms with Crippen molar-refractivity contribution in [3.05, 3.63) is 0 Å². The highest BCUT2D eigenvalue weighted by molar-refractivity contribution is 14.2. The van der Waals surface area contributed by atoms with Crippen molar-refractivity contribution in [1.82, 2.24) is 2.94 Å². The number of hydrogen-bond donors (Lipinski definition) is 1. The average molecular weight is 333 g/mol. The molecule has 38 valence electrons. The van der Waals surface area contributed by atoms with E-state index in [-0.39, 0.29) is 0 Å². The normalized spacial score (nSPS) is 11.7. The van der Waals surface area contributed by atoms with Crippen molar-refractivity contribution in [3.63, 3.8) is 0 Å². The van der Waals surface area contributed by atoms with Gasteiger partial charge in [0.25, 0.3) is 7.19 Å². The maximum Gasteiger partial charge on any atom is 0.273 e. The third-order valence-corrected chi connectivity index (χ3v) is 5.20. The first-order valence-electron chi connectivity index (χ1n) is 0.881. The van der Waals surface area contributed by atoms with Crippen LogP contribution in [0.1, 0.15) is 0 Å². The third-order valence-electron chi connectivity index (χ3n) is 0.0922. The van der Waals surface area contributed by atoms with Crippen LogP contribution in [0.2, 0.25) is 0 Å². The summed E-state index contributed by atoms with van der Waals surface area (Å²) in [5.41, 5.74) is 0. The van der Waals surface area contributed by atoms with Gasteiger partial charge in [-0.3, -0.25) is 0 Å². The summed E-state index contributed by atoms with van der Waals surface area (Å²) in [6, 6.07) is 0. The second-order valence-electron chi connectivity index (χ2n) is 0.515. The Morgan fingerprint density at radius 3 is 1.67 bits per heavy atom. The summed E-state index contributed by atoms with van der Waals surface area (Å²) in [6.45, 7) is 0. The van der Waals surface area contributed by atoms with E-state index < -0.39 is 7.19 Å². The van der Waals surface area contributed by atoms with E-state index in [0.29, 0.717) is 0 Å². The van der Waals surface area contributed by atoms with Crippen molar-refractivity contribution < 1.29 is 8.42 Å². The minimum atomic E-state index is -2.96. The summed E-state index contributed by atoms with van der Waals surface area (Å²) in [4.78, 5) is 0. The van der Waals surface area contributed by atoms with E-state index in [9.17, 15) is 8.42 Å². The molecular formula is HI2NO2S. The molecule has 0 unspecified atom stereocenters. The highest BCUT2D eigenvalue weighted by atomic mass is 127. The van der Waals surface area contributed by atoms with Gasteiger partial charge in [0.15, 0.2) is 0 Å². The predicted octanol–water partition coefficient (Wildman–Crippen LogP) is 0.606. The van der Waals surface area contributed by atoms with Gasteiger partial charge in [0.1, 0.15) is 0 Å². The Kier molecular flexibility index (Phi) is 3.22. The number of hydrogen-bond acceptors (Lipinski definition) is 2. The summed E-state index contributed by atoms with van der Waals surface area (Å²) in [6.07, 6.45) is 0. The van der Waals surface area contributed by atoms with Crippen molar-refractivity contribution in [1.29, 1.82) is 0 Å². The number of halogens is 2. The van der Waals surface area contributed by atoms with E-state index in [0.717, 1.165) is 0 Å². The molecule has 1 N–H and O–H groups in total. The Morgan fingerprint density at radius 2 is 1.67 bits per heavy atom. The predicted molar refractivity (Wildman–Crippen MR) is 40.1 cm³/mol. The maximum atomic E-state index is 9.87. The van der Waals surface area contributed by atoms with Gasteiger partial charge in [-0.25, -0.2) is 8.42 Å². The van der Waals surface area contributed by atoms with Crippen LogP contribution in [0.25, 0.3) is 0 Å². The van der Waals surface area contributed by atoms with E-state index in [1.165, 1.54) is 21.2 Å². The van der Waals surface area contributed by atoms with Crippen LogP contribution in [0.15, 0.2) is 0 Å². The number of nitrogens with one attached hydrogen (secondary N) is 1. The molecule has 0 spiro atoms. The lowest BCUT2D eigenvalue weighted by molar-refractivity contribution is 0.612. The van der Waals surface area contributed by atoms with Gasteiger partial charge in [-0.15, -0.1) is 2.94 Å². The first-order valence-corrected chi connectivity index (χ1v) is 5.99. The molecule has 0 saturated carbocycles. The topological polar surface area (TPSA) is 46.2 Å². The minimum Gasteiger partial charge on any atom is -0.201 e. The van der Waals surface area contributed by atoms with E-state index in [4.69, 9.17) is 0 Å². The summed E-state index contributed by atoms with van der Waals surface area (Å²) >= 11 is 2.84. The van der Waals surface area contributed by atoms with Gasteiger partial charge < -0.3 is 0 Å². The van der Waals surface area contributed by atoms with E-state index in [2.05, 4.69) is 0 Å². The van der Waals surface area contributed by atoms with Crippen LogP contribution in [0.5, 0.6) is 0 Å². The maximum absolute atomic E-state index is 9.87. The van der Waals surface area contributed by atoms with Crippen LogP contribution in [-0.4, -0.2) is 8.42 Å². The highest BCUT2D eigenvalue weighted by Gasteiger charge is 1.93. The molecule has 0 aromatic rings. The van der Waals surface area contributed by atoms with Gasteiger partial charge >= 0.3 is 0 Å².